The zero-order chi connectivity index (χ0) is 28.6. The van der Waals surface area contributed by atoms with Crippen molar-refractivity contribution in [1.82, 2.24) is 9.88 Å². The number of halogens is 3. The summed E-state index contributed by atoms with van der Waals surface area (Å²) in [7, 11) is 0. The minimum Gasteiger partial charge on any atom is -0.489 e. The average molecular weight is 578 g/mol. The van der Waals surface area contributed by atoms with Gasteiger partial charge in [0.25, 0.3) is 11.8 Å². The van der Waals surface area contributed by atoms with Gasteiger partial charge in [0, 0.05) is 17.1 Å². The van der Waals surface area contributed by atoms with Crippen molar-refractivity contribution in [3.63, 3.8) is 0 Å². The van der Waals surface area contributed by atoms with Crippen molar-refractivity contribution in [3.05, 3.63) is 118 Å². The Morgan fingerprint density at radius 3 is 2.30 bits per heavy atom. The predicted octanol–water partition coefficient (Wildman–Crippen LogP) is 6.44. The Labute approximate surface area is 239 Å². The molecule has 1 aromatic heterocycles. The van der Waals surface area contributed by atoms with Crippen LogP contribution >= 0.6 is 23.8 Å². The number of benzene rings is 3. The van der Waals surface area contributed by atoms with E-state index in [2.05, 4.69) is 5.32 Å². The second-order valence-electron chi connectivity index (χ2n) is 9.13. The fourth-order valence-corrected chi connectivity index (χ4v) is 4.90. The molecule has 0 saturated carbocycles. The van der Waals surface area contributed by atoms with Crippen LogP contribution in [0.3, 0.4) is 0 Å². The summed E-state index contributed by atoms with van der Waals surface area (Å²) >= 11 is 11.1. The lowest BCUT2D eigenvalue weighted by atomic mass is 10.1. The summed E-state index contributed by atoms with van der Waals surface area (Å²) in [4.78, 5) is 27.2. The van der Waals surface area contributed by atoms with Gasteiger partial charge in [-0.25, -0.2) is 8.78 Å². The number of carbonyl (C=O) groups excluding carboxylic acids is 2. The molecule has 6 nitrogen and oxygen atoms in total. The van der Waals surface area contributed by atoms with Crippen LogP contribution < -0.4 is 15.0 Å². The Bertz CT molecular complexity index is 1680. The number of amides is 2. The maximum atomic E-state index is 13.7. The molecule has 0 spiro atoms. The minimum atomic E-state index is -0.649. The standard InChI is InChI=1S/C30H22ClF2N3O3S/c1-17-13-20(14-25-28(37)34-30(40)36(29(25)38)23-9-12-27(33)26(31)15-23)18(2)35(17)22-7-10-24(11-8-22)39-16-19-3-5-21(32)6-4-19/h3-15H,16H2,1-2H3,(H,34,37,40)/b25-14+. The van der Waals surface area contributed by atoms with E-state index in [1.165, 1.54) is 30.3 Å². The van der Waals surface area contributed by atoms with Crippen molar-refractivity contribution in [2.45, 2.75) is 20.5 Å². The van der Waals surface area contributed by atoms with Gasteiger partial charge in [0.15, 0.2) is 5.11 Å². The van der Waals surface area contributed by atoms with Crippen LogP contribution in [0.25, 0.3) is 11.8 Å². The number of thiocarbonyl (C=S) groups is 1. The maximum absolute atomic E-state index is 13.7. The van der Waals surface area contributed by atoms with Gasteiger partial charge in [-0.1, -0.05) is 23.7 Å². The summed E-state index contributed by atoms with van der Waals surface area (Å²) in [5.41, 5.74) is 4.16. The number of nitrogens with one attached hydrogen (secondary N) is 1. The van der Waals surface area contributed by atoms with E-state index in [4.69, 9.17) is 28.6 Å². The van der Waals surface area contributed by atoms with Crippen LogP contribution in [0.1, 0.15) is 22.5 Å². The van der Waals surface area contributed by atoms with Gasteiger partial charge in [-0.2, -0.15) is 0 Å². The molecule has 40 heavy (non-hydrogen) atoms. The maximum Gasteiger partial charge on any atom is 0.270 e. The van der Waals surface area contributed by atoms with Gasteiger partial charge in [0.1, 0.15) is 29.6 Å². The van der Waals surface area contributed by atoms with Crippen molar-refractivity contribution in [3.8, 4) is 11.4 Å². The Hall–Kier alpha value is -4.34. The summed E-state index contributed by atoms with van der Waals surface area (Å²) in [6.45, 7) is 4.10. The first kappa shape index (κ1) is 27.2. The van der Waals surface area contributed by atoms with Gasteiger partial charge in [0.2, 0.25) is 0 Å². The fraction of sp³-hybridized carbons (Fsp3) is 0.100. The number of aryl methyl sites for hydroxylation is 1. The van der Waals surface area contributed by atoms with Gasteiger partial charge in [0.05, 0.1) is 10.7 Å². The summed E-state index contributed by atoms with van der Waals surface area (Å²) in [6, 6.07) is 19.2. The summed E-state index contributed by atoms with van der Waals surface area (Å²) < 4.78 is 34.6. The lowest BCUT2D eigenvalue weighted by Gasteiger charge is -2.29. The van der Waals surface area contributed by atoms with E-state index in [9.17, 15) is 18.4 Å². The van der Waals surface area contributed by atoms with E-state index in [-0.39, 0.29) is 27.2 Å². The molecule has 202 valence electrons. The van der Waals surface area contributed by atoms with Crippen LogP contribution in [-0.2, 0) is 16.2 Å². The molecular weight excluding hydrogens is 556 g/mol. The Kier molecular flexibility index (Phi) is 7.51. The van der Waals surface area contributed by atoms with Crippen LogP contribution in [-0.4, -0.2) is 21.5 Å². The molecule has 1 N–H and O–H groups in total. The molecule has 1 fully saturated rings. The first-order valence-corrected chi connectivity index (χ1v) is 12.9. The van der Waals surface area contributed by atoms with Gasteiger partial charge >= 0.3 is 0 Å². The highest BCUT2D eigenvalue weighted by Crippen LogP contribution is 2.29. The SMILES string of the molecule is Cc1cc(/C=C2\C(=O)NC(=S)N(c3ccc(F)c(Cl)c3)C2=O)c(C)n1-c1ccc(OCc2ccc(F)cc2)cc1. The van der Waals surface area contributed by atoms with E-state index in [1.54, 1.807) is 12.1 Å². The zero-order valence-corrected chi connectivity index (χ0v) is 22.9. The number of ether oxygens (including phenoxy) is 1. The van der Waals surface area contributed by atoms with Crippen molar-refractivity contribution < 1.29 is 23.1 Å². The lowest BCUT2D eigenvalue weighted by Crippen LogP contribution is -2.54. The molecule has 4 aromatic rings. The van der Waals surface area contributed by atoms with Gasteiger partial charge in [-0.15, -0.1) is 0 Å². The molecule has 1 aliphatic heterocycles. The number of hydrogen-bond acceptors (Lipinski definition) is 4. The Morgan fingerprint density at radius 1 is 0.950 bits per heavy atom. The average Bonchev–Trinajstić information content (AvgIpc) is 3.20. The van der Waals surface area contributed by atoms with E-state index < -0.39 is 17.6 Å². The van der Waals surface area contributed by atoms with E-state index in [0.29, 0.717) is 17.9 Å². The van der Waals surface area contributed by atoms with Crippen molar-refractivity contribution in [2.75, 3.05) is 4.90 Å². The van der Waals surface area contributed by atoms with Crippen LogP contribution in [0.4, 0.5) is 14.5 Å². The fourth-order valence-electron chi connectivity index (χ4n) is 4.44. The molecule has 5 rings (SSSR count). The normalized spacial score (nSPS) is 14.6. The zero-order valence-electron chi connectivity index (χ0n) is 21.4. The smallest absolute Gasteiger partial charge is 0.270 e. The van der Waals surface area contributed by atoms with Crippen molar-refractivity contribution in [1.29, 1.82) is 0 Å². The van der Waals surface area contributed by atoms with Gasteiger partial charge < -0.3 is 9.30 Å². The molecule has 0 aliphatic carbocycles. The molecule has 0 bridgehead atoms. The molecule has 0 atom stereocenters. The predicted molar refractivity (Wildman–Crippen MR) is 154 cm³/mol. The third-order valence-corrected chi connectivity index (χ3v) is 7.02. The molecule has 0 unspecified atom stereocenters. The van der Waals surface area contributed by atoms with Crippen LogP contribution in [0, 0.1) is 25.5 Å². The summed E-state index contributed by atoms with van der Waals surface area (Å²) in [5.74, 6) is -1.57. The van der Waals surface area contributed by atoms with E-state index >= 15 is 0 Å². The first-order chi connectivity index (χ1) is 19.1. The number of aromatic nitrogens is 1. The van der Waals surface area contributed by atoms with E-state index in [0.717, 1.165) is 33.6 Å². The van der Waals surface area contributed by atoms with E-state index in [1.807, 2.05) is 48.7 Å². The molecule has 3 aromatic carbocycles. The molecule has 2 amide bonds. The molecule has 0 radical (unpaired) electrons. The molecule has 1 aliphatic rings. The first-order valence-electron chi connectivity index (χ1n) is 12.2. The third-order valence-electron chi connectivity index (χ3n) is 6.45. The number of anilines is 1. The largest absolute Gasteiger partial charge is 0.489 e. The monoisotopic (exact) mass is 577 g/mol. The van der Waals surface area contributed by atoms with Crippen molar-refractivity contribution in [2.24, 2.45) is 0 Å². The highest BCUT2D eigenvalue weighted by atomic mass is 35.5. The molecule has 1 saturated heterocycles. The number of carbonyl (C=O) groups is 2. The Balaban J connectivity index is 1.40. The number of rotatable bonds is 6. The second kappa shape index (κ2) is 11.0. The lowest BCUT2D eigenvalue weighted by molar-refractivity contribution is -0.122. The Morgan fingerprint density at radius 2 is 1.62 bits per heavy atom. The highest BCUT2D eigenvalue weighted by Gasteiger charge is 2.35. The van der Waals surface area contributed by atoms with Crippen molar-refractivity contribution >= 4 is 52.5 Å². The topological polar surface area (TPSA) is 63.6 Å². The van der Waals surface area contributed by atoms with Gasteiger partial charge in [-0.3, -0.25) is 19.8 Å². The molecule has 10 heteroatoms. The summed E-state index contributed by atoms with van der Waals surface area (Å²) in [5, 5.41) is 2.22. The number of hydrogen-bond donors (Lipinski definition) is 1. The molecular formula is C30H22ClF2N3O3S. The van der Waals surface area contributed by atoms with Crippen LogP contribution in [0.15, 0.2) is 78.4 Å². The highest BCUT2D eigenvalue weighted by molar-refractivity contribution is 7.80. The number of nitrogens with zero attached hydrogens (tertiary/aromatic N) is 2. The summed E-state index contributed by atoms with van der Waals surface area (Å²) in [6.07, 6.45) is 1.51. The van der Waals surface area contributed by atoms with Gasteiger partial charge in [-0.05, 0) is 104 Å². The molecule has 2 heterocycles. The minimum absolute atomic E-state index is 0.123. The second-order valence-corrected chi connectivity index (χ2v) is 9.92. The third kappa shape index (κ3) is 5.38. The quantitative estimate of drug-likeness (QED) is 0.163. The van der Waals surface area contributed by atoms with Crippen LogP contribution in [0.5, 0.6) is 5.75 Å². The van der Waals surface area contributed by atoms with Crippen LogP contribution in [0.2, 0.25) is 5.02 Å².